The Kier molecular flexibility index (Phi) is 5.64. The number of aromatic carboxylic acids is 1. The highest BCUT2D eigenvalue weighted by molar-refractivity contribution is 6.23. The second-order valence-electron chi connectivity index (χ2n) is 6.60. The first kappa shape index (κ1) is 20.1. The first-order valence-electron chi connectivity index (χ1n) is 9.15. The Morgan fingerprint density at radius 1 is 1.07 bits per heavy atom. The third-order valence-electron chi connectivity index (χ3n) is 4.86. The largest absolute Gasteiger partial charge is 0.478 e. The molecule has 2 aromatic rings. The van der Waals surface area contributed by atoms with Crippen molar-refractivity contribution < 1.29 is 24.2 Å². The summed E-state index contributed by atoms with van der Waals surface area (Å²) in [5, 5.41) is 9.04. The summed E-state index contributed by atoms with van der Waals surface area (Å²) in [6.45, 7) is 3.75. The maximum absolute atomic E-state index is 13.2. The number of anilines is 1. The standard InChI is InChI=1S/C23H21NO5/c1-4-15-7-11-18(12-8-15)24-14(2)20(23(28)29-3)19(21(24)25)13-16-5-9-17(10-6-16)22(26)27/h5-13H,4H2,1-3H3,(H,26,27)/b19-13-. The molecule has 0 bridgehead atoms. The number of allylic oxidation sites excluding steroid dienone is 1. The van der Waals surface area contributed by atoms with Crippen LogP contribution in [0.1, 0.15) is 35.3 Å². The molecule has 2 aromatic carbocycles. The Labute approximate surface area is 168 Å². The molecule has 6 heteroatoms. The van der Waals surface area contributed by atoms with Crippen molar-refractivity contribution >= 4 is 29.6 Å². The summed E-state index contributed by atoms with van der Waals surface area (Å²) in [6.07, 6.45) is 2.46. The van der Waals surface area contributed by atoms with Crippen LogP contribution in [-0.2, 0) is 20.7 Å². The molecule has 1 aliphatic rings. The predicted molar refractivity (Wildman–Crippen MR) is 109 cm³/mol. The lowest BCUT2D eigenvalue weighted by Crippen LogP contribution is -2.24. The Morgan fingerprint density at radius 3 is 2.21 bits per heavy atom. The molecule has 148 valence electrons. The van der Waals surface area contributed by atoms with Crippen LogP contribution in [0.5, 0.6) is 0 Å². The minimum absolute atomic E-state index is 0.141. The van der Waals surface area contributed by atoms with Gasteiger partial charge < -0.3 is 9.84 Å². The minimum atomic E-state index is -1.03. The van der Waals surface area contributed by atoms with Gasteiger partial charge in [-0.3, -0.25) is 9.69 Å². The van der Waals surface area contributed by atoms with Crippen LogP contribution in [0.3, 0.4) is 0 Å². The van der Waals surface area contributed by atoms with E-state index in [1.165, 1.54) is 24.1 Å². The number of amides is 1. The first-order chi connectivity index (χ1) is 13.9. The molecular formula is C23H21NO5. The Bertz CT molecular complexity index is 1030. The number of rotatable bonds is 5. The molecule has 0 fully saturated rings. The molecule has 3 rings (SSSR count). The summed E-state index contributed by atoms with van der Waals surface area (Å²) < 4.78 is 4.90. The zero-order valence-corrected chi connectivity index (χ0v) is 16.4. The lowest BCUT2D eigenvalue weighted by molar-refractivity contribution is -0.136. The Balaban J connectivity index is 2.07. The number of hydrogen-bond donors (Lipinski definition) is 1. The minimum Gasteiger partial charge on any atom is -0.478 e. The summed E-state index contributed by atoms with van der Waals surface area (Å²) in [5.74, 6) is -1.97. The van der Waals surface area contributed by atoms with E-state index >= 15 is 0 Å². The monoisotopic (exact) mass is 391 g/mol. The molecule has 0 aromatic heterocycles. The molecule has 0 atom stereocenters. The number of ether oxygens (including phenoxy) is 1. The number of carbonyl (C=O) groups excluding carboxylic acids is 2. The van der Waals surface area contributed by atoms with Gasteiger partial charge in [0.05, 0.1) is 23.8 Å². The molecule has 0 unspecified atom stereocenters. The van der Waals surface area contributed by atoms with Gasteiger partial charge in [-0.25, -0.2) is 9.59 Å². The van der Waals surface area contributed by atoms with Gasteiger partial charge in [-0.2, -0.15) is 0 Å². The number of nitrogens with zero attached hydrogens (tertiary/aromatic N) is 1. The summed E-state index contributed by atoms with van der Waals surface area (Å²) in [4.78, 5) is 38.1. The van der Waals surface area contributed by atoms with E-state index in [0.29, 0.717) is 16.9 Å². The number of carbonyl (C=O) groups is 3. The predicted octanol–water partition coefficient (Wildman–Crippen LogP) is 3.82. The van der Waals surface area contributed by atoms with Crippen molar-refractivity contribution in [2.75, 3.05) is 12.0 Å². The second-order valence-corrected chi connectivity index (χ2v) is 6.60. The van der Waals surface area contributed by atoms with E-state index in [1.54, 1.807) is 25.1 Å². The van der Waals surface area contributed by atoms with Gasteiger partial charge in [-0.15, -0.1) is 0 Å². The van der Waals surface area contributed by atoms with Crippen LogP contribution in [0.4, 0.5) is 5.69 Å². The molecule has 1 aliphatic heterocycles. The van der Waals surface area contributed by atoms with Gasteiger partial charge in [-0.1, -0.05) is 31.2 Å². The van der Waals surface area contributed by atoms with Gasteiger partial charge in [0.1, 0.15) is 0 Å². The fourth-order valence-corrected chi connectivity index (χ4v) is 3.26. The van der Waals surface area contributed by atoms with Gasteiger partial charge >= 0.3 is 11.9 Å². The molecular weight excluding hydrogens is 370 g/mol. The van der Waals surface area contributed by atoms with Crippen LogP contribution in [-0.4, -0.2) is 30.1 Å². The first-order valence-corrected chi connectivity index (χ1v) is 9.15. The van der Waals surface area contributed by atoms with Crippen LogP contribution in [0.25, 0.3) is 6.08 Å². The van der Waals surface area contributed by atoms with Crippen LogP contribution < -0.4 is 4.90 Å². The average Bonchev–Trinajstić information content (AvgIpc) is 2.97. The summed E-state index contributed by atoms with van der Waals surface area (Å²) in [6, 6.07) is 13.7. The van der Waals surface area contributed by atoms with Crippen molar-refractivity contribution in [3.63, 3.8) is 0 Å². The molecule has 0 saturated heterocycles. The molecule has 29 heavy (non-hydrogen) atoms. The number of aryl methyl sites for hydroxylation is 1. The van der Waals surface area contributed by atoms with Gasteiger partial charge in [0.25, 0.3) is 5.91 Å². The van der Waals surface area contributed by atoms with Gasteiger partial charge in [0, 0.05) is 11.4 Å². The highest BCUT2D eigenvalue weighted by Gasteiger charge is 2.37. The molecule has 6 nitrogen and oxygen atoms in total. The third-order valence-corrected chi connectivity index (χ3v) is 4.86. The van der Waals surface area contributed by atoms with Gasteiger partial charge in [0.2, 0.25) is 0 Å². The SMILES string of the molecule is CCc1ccc(N2C(=O)/C(=C\c3ccc(C(=O)O)cc3)C(C(=O)OC)=C2C)cc1. The number of carboxylic acids is 1. The van der Waals surface area contributed by atoms with E-state index in [0.717, 1.165) is 12.0 Å². The van der Waals surface area contributed by atoms with Crippen molar-refractivity contribution in [1.29, 1.82) is 0 Å². The number of esters is 1. The summed E-state index contributed by atoms with van der Waals surface area (Å²) >= 11 is 0. The van der Waals surface area contributed by atoms with Crippen LogP contribution in [0.15, 0.2) is 65.4 Å². The molecule has 0 radical (unpaired) electrons. The van der Waals surface area contributed by atoms with E-state index in [9.17, 15) is 14.4 Å². The summed E-state index contributed by atoms with van der Waals surface area (Å²) in [7, 11) is 1.27. The second kappa shape index (κ2) is 8.14. The topological polar surface area (TPSA) is 83.9 Å². The van der Waals surface area contributed by atoms with Crippen molar-refractivity contribution in [1.82, 2.24) is 0 Å². The molecule has 0 spiro atoms. The zero-order valence-electron chi connectivity index (χ0n) is 16.4. The number of benzene rings is 2. The maximum Gasteiger partial charge on any atom is 0.340 e. The normalized spacial score (nSPS) is 15.2. The number of carboxylic acid groups (broad SMARTS) is 1. The molecule has 0 saturated carbocycles. The number of methoxy groups -OCH3 is 1. The van der Waals surface area contributed by atoms with Gasteiger partial charge in [0.15, 0.2) is 0 Å². The van der Waals surface area contributed by atoms with E-state index in [1.807, 2.05) is 31.2 Å². The zero-order chi connectivity index (χ0) is 21.1. The van der Waals surface area contributed by atoms with E-state index < -0.39 is 11.9 Å². The molecule has 1 N–H and O–H groups in total. The number of hydrogen-bond acceptors (Lipinski definition) is 4. The van der Waals surface area contributed by atoms with Crippen molar-refractivity contribution in [3.05, 3.63) is 82.1 Å². The Hall–Kier alpha value is -3.67. The Morgan fingerprint density at radius 2 is 1.69 bits per heavy atom. The van der Waals surface area contributed by atoms with Crippen LogP contribution >= 0.6 is 0 Å². The molecule has 0 aliphatic carbocycles. The van der Waals surface area contributed by atoms with Crippen molar-refractivity contribution in [2.45, 2.75) is 20.3 Å². The lowest BCUT2D eigenvalue weighted by atomic mass is 10.0. The van der Waals surface area contributed by atoms with E-state index in [-0.39, 0.29) is 22.6 Å². The fourth-order valence-electron chi connectivity index (χ4n) is 3.26. The molecule has 1 amide bonds. The maximum atomic E-state index is 13.2. The summed E-state index contributed by atoms with van der Waals surface area (Å²) in [5.41, 5.74) is 3.44. The smallest absolute Gasteiger partial charge is 0.340 e. The highest BCUT2D eigenvalue weighted by atomic mass is 16.5. The third kappa shape index (κ3) is 3.82. The van der Waals surface area contributed by atoms with Crippen LogP contribution in [0.2, 0.25) is 0 Å². The lowest BCUT2D eigenvalue weighted by Gasteiger charge is -2.18. The van der Waals surface area contributed by atoms with Crippen molar-refractivity contribution in [2.24, 2.45) is 0 Å². The molecule has 1 heterocycles. The average molecular weight is 391 g/mol. The van der Waals surface area contributed by atoms with Crippen molar-refractivity contribution in [3.8, 4) is 0 Å². The van der Waals surface area contributed by atoms with Gasteiger partial charge in [-0.05, 0) is 54.8 Å². The fraction of sp³-hybridized carbons (Fsp3) is 0.174. The highest BCUT2D eigenvalue weighted by Crippen LogP contribution is 2.35. The van der Waals surface area contributed by atoms with E-state index in [2.05, 4.69) is 0 Å². The van der Waals surface area contributed by atoms with E-state index in [4.69, 9.17) is 9.84 Å². The van der Waals surface area contributed by atoms with Crippen LogP contribution in [0, 0.1) is 0 Å². The quantitative estimate of drug-likeness (QED) is 0.619.